The lowest BCUT2D eigenvalue weighted by molar-refractivity contribution is -0.149. The van der Waals surface area contributed by atoms with Crippen LogP contribution in [0.3, 0.4) is 0 Å². The molecule has 8 heteroatoms. The third kappa shape index (κ3) is 4.27. The van der Waals surface area contributed by atoms with Crippen LogP contribution in [-0.4, -0.2) is 77.7 Å². The number of amides is 2. The Labute approximate surface area is 204 Å². The van der Waals surface area contributed by atoms with Crippen LogP contribution >= 0.6 is 0 Å². The zero-order valence-electron chi connectivity index (χ0n) is 19.9. The van der Waals surface area contributed by atoms with Gasteiger partial charge in [0, 0.05) is 25.6 Å². The van der Waals surface area contributed by atoms with Gasteiger partial charge in [0.05, 0.1) is 0 Å². The Balaban J connectivity index is 1.28. The van der Waals surface area contributed by atoms with E-state index in [4.69, 9.17) is 4.74 Å². The number of hydrogen-bond donors (Lipinski definition) is 2. The lowest BCUT2D eigenvalue weighted by Crippen LogP contribution is -2.64. The smallest absolute Gasteiger partial charge is 0.408 e. The van der Waals surface area contributed by atoms with Crippen molar-refractivity contribution in [2.24, 2.45) is 0 Å². The quantitative estimate of drug-likeness (QED) is 0.687. The van der Waals surface area contributed by atoms with Gasteiger partial charge in [-0.05, 0) is 42.1 Å². The van der Waals surface area contributed by atoms with Gasteiger partial charge in [0.25, 0.3) is 0 Å². The van der Waals surface area contributed by atoms with Crippen LogP contribution in [0.5, 0.6) is 0 Å². The summed E-state index contributed by atoms with van der Waals surface area (Å²) in [6, 6.07) is 15.5. The number of nitrogens with one attached hydrogen (secondary N) is 1. The van der Waals surface area contributed by atoms with E-state index in [0.29, 0.717) is 25.9 Å². The Hall–Kier alpha value is -3.39. The maximum atomic E-state index is 13.6. The van der Waals surface area contributed by atoms with Crippen LogP contribution in [0.2, 0.25) is 0 Å². The number of piperazine rings is 1. The lowest BCUT2D eigenvalue weighted by atomic mass is 9.94. The summed E-state index contributed by atoms with van der Waals surface area (Å²) in [5.74, 6) is -1.21. The average molecular weight is 478 g/mol. The summed E-state index contributed by atoms with van der Waals surface area (Å²) in [4.78, 5) is 41.5. The fourth-order valence-electron chi connectivity index (χ4n) is 5.83. The molecule has 2 N–H and O–H groups in total. The number of nitrogens with zero attached hydrogens (tertiary/aromatic N) is 2. The van der Waals surface area contributed by atoms with E-state index in [9.17, 15) is 19.5 Å². The number of carbonyl (C=O) groups is 3. The highest BCUT2D eigenvalue weighted by atomic mass is 16.5. The van der Waals surface area contributed by atoms with Crippen molar-refractivity contribution in [3.8, 4) is 11.1 Å². The number of fused-ring (bicyclic) bond motifs is 3. The highest BCUT2D eigenvalue weighted by Crippen LogP contribution is 2.44. The number of carbonyl (C=O) groups excluding carboxylic acids is 2. The number of hydrogen-bond acceptors (Lipinski definition) is 5. The molecule has 35 heavy (non-hydrogen) atoms. The molecule has 0 spiro atoms. The van der Waals surface area contributed by atoms with Crippen LogP contribution in [0.15, 0.2) is 48.5 Å². The van der Waals surface area contributed by atoms with E-state index in [-0.39, 0.29) is 25.0 Å². The van der Waals surface area contributed by atoms with Gasteiger partial charge in [-0.25, -0.2) is 4.79 Å². The van der Waals surface area contributed by atoms with Crippen LogP contribution in [0.4, 0.5) is 4.79 Å². The lowest BCUT2D eigenvalue weighted by Gasteiger charge is -2.41. The molecule has 0 radical (unpaired) electrons. The molecule has 2 fully saturated rings. The summed E-state index contributed by atoms with van der Waals surface area (Å²) < 4.78 is 5.72. The van der Waals surface area contributed by atoms with Gasteiger partial charge in [0.1, 0.15) is 18.2 Å². The molecule has 184 valence electrons. The SMILES string of the molecule is CN1CCN(C(=O)C2(NC(=O)OCC3c4ccccc4-c4ccccc43)CCCC2)CC1C(=O)O. The second-order valence-electron chi connectivity index (χ2n) is 9.83. The molecule has 1 aliphatic heterocycles. The fraction of sp³-hybridized carbons (Fsp3) is 0.444. The van der Waals surface area contributed by atoms with E-state index < -0.39 is 23.6 Å². The van der Waals surface area contributed by atoms with Gasteiger partial charge in [-0.3, -0.25) is 14.5 Å². The maximum Gasteiger partial charge on any atom is 0.408 e. The highest BCUT2D eigenvalue weighted by Gasteiger charge is 2.47. The Morgan fingerprint density at radius 2 is 1.60 bits per heavy atom. The largest absolute Gasteiger partial charge is 0.480 e. The molecule has 2 aromatic rings. The Bertz CT molecular complexity index is 1100. The van der Waals surface area contributed by atoms with E-state index >= 15 is 0 Å². The monoisotopic (exact) mass is 477 g/mol. The van der Waals surface area contributed by atoms with Crippen molar-refractivity contribution >= 4 is 18.0 Å². The molecule has 1 unspecified atom stereocenters. The van der Waals surface area contributed by atoms with E-state index in [0.717, 1.165) is 35.1 Å². The van der Waals surface area contributed by atoms with Crippen LogP contribution in [-0.2, 0) is 14.3 Å². The summed E-state index contributed by atoms with van der Waals surface area (Å²) in [7, 11) is 1.75. The number of ether oxygens (including phenoxy) is 1. The topological polar surface area (TPSA) is 99.2 Å². The Morgan fingerprint density at radius 1 is 1.00 bits per heavy atom. The van der Waals surface area contributed by atoms with Crippen molar-refractivity contribution in [2.45, 2.75) is 43.2 Å². The van der Waals surface area contributed by atoms with Crippen molar-refractivity contribution in [2.75, 3.05) is 33.3 Å². The second kappa shape index (κ2) is 9.34. The first-order chi connectivity index (χ1) is 16.9. The number of likely N-dealkylation sites (N-methyl/N-ethyl adjacent to an activating group) is 1. The van der Waals surface area contributed by atoms with Gasteiger partial charge in [0.15, 0.2) is 0 Å². The van der Waals surface area contributed by atoms with Crippen LogP contribution < -0.4 is 5.32 Å². The van der Waals surface area contributed by atoms with Gasteiger partial charge >= 0.3 is 12.1 Å². The first-order valence-corrected chi connectivity index (χ1v) is 12.3. The van der Waals surface area contributed by atoms with E-state index in [1.54, 1.807) is 16.8 Å². The minimum atomic E-state index is -1.04. The third-order valence-electron chi connectivity index (χ3n) is 7.77. The predicted molar refractivity (Wildman–Crippen MR) is 130 cm³/mol. The number of benzene rings is 2. The number of rotatable bonds is 5. The molecule has 0 aromatic heterocycles. The molecule has 1 atom stereocenters. The summed E-state index contributed by atoms with van der Waals surface area (Å²) in [5.41, 5.74) is 3.53. The minimum Gasteiger partial charge on any atom is -0.480 e. The molecular weight excluding hydrogens is 446 g/mol. The molecule has 2 amide bonds. The molecule has 5 rings (SSSR count). The van der Waals surface area contributed by atoms with Crippen LogP contribution in [0.1, 0.15) is 42.7 Å². The Morgan fingerprint density at radius 3 is 2.20 bits per heavy atom. The second-order valence-corrected chi connectivity index (χ2v) is 9.83. The average Bonchev–Trinajstić information content (AvgIpc) is 3.46. The van der Waals surface area contributed by atoms with Gasteiger partial charge < -0.3 is 20.1 Å². The first-order valence-electron chi connectivity index (χ1n) is 12.3. The van der Waals surface area contributed by atoms with E-state index in [1.807, 2.05) is 24.3 Å². The molecule has 0 bridgehead atoms. The Kier molecular flexibility index (Phi) is 6.23. The zero-order chi connectivity index (χ0) is 24.6. The number of carboxylic acid groups (broad SMARTS) is 1. The summed E-state index contributed by atoms with van der Waals surface area (Å²) in [6.45, 7) is 1.20. The zero-order valence-corrected chi connectivity index (χ0v) is 19.9. The van der Waals surface area contributed by atoms with Crippen molar-refractivity contribution < 1.29 is 24.2 Å². The molecule has 1 heterocycles. The summed E-state index contributed by atoms with van der Waals surface area (Å²) >= 11 is 0. The van der Waals surface area contributed by atoms with E-state index in [1.165, 1.54) is 0 Å². The van der Waals surface area contributed by atoms with Crippen LogP contribution in [0.25, 0.3) is 11.1 Å². The van der Waals surface area contributed by atoms with Gasteiger partial charge in [-0.15, -0.1) is 0 Å². The molecule has 1 saturated carbocycles. The molecule has 8 nitrogen and oxygen atoms in total. The van der Waals surface area contributed by atoms with Crippen molar-refractivity contribution in [3.63, 3.8) is 0 Å². The number of aliphatic carboxylic acids is 1. The van der Waals surface area contributed by atoms with E-state index in [2.05, 4.69) is 29.6 Å². The van der Waals surface area contributed by atoms with Gasteiger partial charge in [-0.1, -0.05) is 61.4 Å². The standard InChI is InChI=1S/C27H31N3O5/c1-29-14-15-30(16-23(29)24(31)32)25(33)27(12-6-7-13-27)28-26(34)35-17-22-20-10-4-2-8-18(20)19-9-3-5-11-21(19)22/h2-5,8-11,22-23H,6-7,12-17H2,1H3,(H,28,34)(H,31,32). The summed E-state index contributed by atoms with van der Waals surface area (Å²) in [5, 5.41) is 12.4. The molecule has 1 saturated heterocycles. The molecular formula is C27H31N3O5. The fourth-order valence-corrected chi connectivity index (χ4v) is 5.83. The first kappa shape index (κ1) is 23.4. The molecule has 3 aliphatic rings. The number of carboxylic acids is 1. The van der Waals surface area contributed by atoms with Gasteiger partial charge in [0.2, 0.25) is 5.91 Å². The normalized spacial score (nSPS) is 21.3. The van der Waals surface area contributed by atoms with Crippen molar-refractivity contribution in [1.29, 1.82) is 0 Å². The minimum absolute atomic E-state index is 0.0580. The number of alkyl carbamates (subject to hydrolysis) is 1. The maximum absolute atomic E-state index is 13.6. The molecule has 2 aromatic carbocycles. The third-order valence-corrected chi connectivity index (χ3v) is 7.77. The summed E-state index contributed by atoms with van der Waals surface area (Å²) in [6.07, 6.45) is 2.10. The predicted octanol–water partition coefficient (Wildman–Crippen LogP) is 3.07. The molecule has 2 aliphatic carbocycles. The highest BCUT2D eigenvalue weighted by molar-refractivity contribution is 5.91. The van der Waals surface area contributed by atoms with Crippen LogP contribution in [0, 0.1) is 0 Å². The van der Waals surface area contributed by atoms with Crippen molar-refractivity contribution in [3.05, 3.63) is 59.7 Å². The van der Waals surface area contributed by atoms with Crippen molar-refractivity contribution in [1.82, 2.24) is 15.1 Å². The van der Waals surface area contributed by atoms with Gasteiger partial charge in [-0.2, -0.15) is 0 Å².